The van der Waals surface area contributed by atoms with Crippen molar-refractivity contribution in [3.8, 4) is 0 Å². The molecular weight excluding hydrogens is 901 g/mol. The topological polar surface area (TPSA) is 78.9 Å². The minimum absolute atomic E-state index is 0.117. The van der Waals surface area contributed by atoms with Crippen LogP contribution in [0.25, 0.3) is 0 Å². The standard InChI is InChI=1S/C67H110O6/c1-4-7-10-13-16-19-22-25-28-30-31-32-33-34-35-37-39-42-45-48-51-54-57-60-66(69)72-63-64(62-71-65(68)59-56-53-50-47-44-41-38-27-24-21-18-15-12-9-6-3)73-67(70)61-58-55-52-49-46-43-40-36-29-26-23-20-17-14-11-8-5-2/h8-9,11-12,17-18,20-21,26-27,29-31,38,40,43-44,47,53,56,64H,4-7,10,13-16,19,22-25,28,32-37,39,41-42,45-46,48-52,54-55,57-63H2,1-3H3/b11-8-,12-9-,20-17-,21-18-,29-26-,31-30-,38-27-,43-40-,47-44-,56-53-. The predicted molar refractivity (Wildman–Crippen MR) is 316 cm³/mol. The second kappa shape index (κ2) is 60.4. The molecule has 0 amide bonds. The Hall–Kier alpha value is -4.19. The van der Waals surface area contributed by atoms with E-state index in [1.807, 2.05) is 6.08 Å². The number of esters is 3. The molecular formula is C67H110O6. The summed E-state index contributed by atoms with van der Waals surface area (Å²) in [5.41, 5.74) is 0. The van der Waals surface area contributed by atoms with Crippen LogP contribution in [0, 0.1) is 0 Å². The maximum absolute atomic E-state index is 12.9. The molecule has 0 aromatic carbocycles. The molecule has 414 valence electrons. The average molecular weight is 1010 g/mol. The Morgan fingerprint density at radius 3 is 0.973 bits per heavy atom. The van der Waals surface area contributed by atoms with Gasteiger partial charge in [0.05, 0.1) is 6.42 Å². The van der Waals surface area contributed by atoms with Crippen molar-refractivity contribution >= 4 is 17.9 Å². The number of hydrogen-bond donors (Lipinski definition) is 0. The van der Waals surface area contributed by atoms with Crippen molar-refractivity contribution in [3.05, 3.63) is 122 Å². The summed E-state index contributed by atoms with van der Waals surface area (Å²) in [6, 6.07) is 0. The van der Waals surface area contributed by atoms with Crippen molar-refractivity contribution in [2.75, 3.05) is 13.2 Å². The minimum atomic E-state index is -0.835. The maximum atomic E-state index is 12.9. The second-order valence-corrected chi connectivity index (χ2v) is 19.5. The van der Waals surface area contributed by atoms with Crippen molar-refractivity contribution < 1.29 is 28.6 Å². The summed E-state index contributed by atoms with van der Waals surface area (Å²) < 4.78 is 16.8. The first-order valence-electron chi connectivity index (χ1n) is 30.0. The molecule has 0 aliphatic rings. The first-order chi connectivity index (χ1) is 36.0. The highest BCUT2D eigenvalue weighted by molar-refractivity contribution is 5.72. The van der Waals surface area contributed by atoms with Gasteiger partial charge in [0, 0.05) is 12.8 Å². The predicted octanol–water partition coefficient (Wildman–Crippen LogP) is 20.4. The molecule has 0 N–H and O–H groups in total. The molecule has 0 saturated carbocycles. The number of allylic oxidation sites excluding steroid dienone is 19. The van der Waals surface area contributed by atoms with Gasteiger partial charge in [0.2, 0.25) is 0 Å². The molecule has 1 atom stereocenters. The third-order valence-electron chi connectivity index (χ3n) is 12.5. The van der Waals surface area contributed by atoms with Crippen LogP contribution in [0.2, 0.25) is 0 Å². The van der Waals surface area contributed by atoms with Crippen molar-refractivity contribution in [1.29, 1.82) is 0 Å². The van der Waals surface area contributed by atoms with Crippen LogP contribution in [0.5, 0.6) is 0 Å². The van der Waals surface area contributed by atoms with Gasteiger partial charge in [0.15, 0.2) is 6.10 Å². The van der Waals surface area contributed by atoms with Crippen LogP contribution in [-0.2, 0) is 28.6 Å². The summed E-state index contributed by atoms with van der Waals surface area (Å²) in [4.78, 5) is 38.2. The average Bonchev–Trinajstić information content (AvgIpc) is 3.39. The zero-order valence-corrected chi connectivity index (χ0v) is 47.4. The lowest BCUT2D eigenvalue weighted by molar-refractivity contribution is -0.166. The maximum Gasteiger partial charge on any atom is 0.309 e. The molecule has 6 heteroatoms. The normalized spacial score (nSPS) is 13.0. The lowest BCUT2D eigenvalue weighted by Crippen LogP contribution is -2.30. The fourth-order valence-electron chi connectivity index (χ4n) is 8.03. The van der Waals surface area contributed by atoms with Gasteiger partial charge in [-0.1, -0.05) is 258 Å². The van der Waals surface area contributed by atoms with E-state index >= 15 is 0 Å². The van der Waals surface area contributed by atoms with E-state index in [9.17, 15) is 14.4 Å². The first-order valence-corrected chi connectivity index (χ1v) is 30.0. The van der Waals surface area contributed by atoms with Crippen molar-refractivity contribution in [2.45, 2.75) is 271 Å². The number of hydrogen-bond acceptors (Lipinski definition) is 6. The number of unbranched alkanes of at least 4 members (excludes halogenated alkanes) is 23. The summed E-state index contributed by atoms with van der Waals surface area (Å²) in [5, 5.41) is 0. The molecule has 0 saturated heterocycles. The highest BCUT2D eigenvalue weighted by Gasteiger charge is 2.19. The van der Waals surface area contributed by atoms with Gasteiger partial charge in [-0.25, -0.2) is 0 Å². The molecule has 6 nitrogen and oxygen atoms in total. The Labute approximate surface area is 450 Å². The van der Waals surface area contributed by atoms with E-state index in [4.69, 9.17) is 14.2 Å². The smallest absolute Gasteiger partial charge is 0.309 e. The number of carbonyl (C=O) groups excluding carboxylic acids is 3. The van der Waals surface area contributed by atoms with Crippen LogP contribution in [0.1, 0.15) is 265 Å². The van der Waals surface area contributed by atoms with Gasteiger partial charge < -0.3 is 14.2 Å². The number of ether oxygens (including phenoxy) is 3. The van der Waals surface area contributed by atoms with E-state index in [1.54, 1.807) is 6.08 Å². The molecule has 0 aromatic rings. The fourth-order valence-corrected chi connectivity index (χ4v) is 8.03. The summed E-state index contributed by atoms with van der Waals surface area (Å²) in [7, 11) is 0. The highest BCUT2D eigenvalue weighted by Crippen LogP contribution is 2.15. The van der Waals surface area contributed by atoms with Crippen LogP contribution in [0.15, 0.2) is 122 Å². The highest BCUT2D eigenvalue weighted by atomic mass is 16.6. The van der Waals surface area contributed by atoms with Crippen LogP contribution in [-0.4, -0.2) is 37.2 Å². The Kier molecular flexibility index (Phi) is 56.9. The van der Waals surface area contributed by atoms with Gasteiger partial charge in [-0.2, -0.15) is 0 Å². The van der Waals surface area contributed by atoms with Gasteiger partial charge in [-0.15, -0.1) is 0 Å². The summed E-state index contributed by atoms with van der Waals surface area (Å²) >= 11 is 0. The Morgan fingerprint density at radius 2 is 0.589 bits per heavy atom. The monoisotopic (exact) mass is 1010 g/mol. The minimum Gasteiger partial charge on any atom is -0.462 e. The van der Waals surface area contributed by atoms with Gasteiger partial charge in [0.1, 0.15) is 13.2 Å². The molecule has 0 aromatic heterocycles. The van der Waals surface area contributed by atoms with E-state index < -0.39 is 12.1 Å². The molecule has 0 fully saturated rings. The van der Waals surface area contributed by atoms with Crippen molar-refractivity contribution in [2.24, 2.45) is 0 Å². The molecule has 0 radical (unpaired) electrons. The van der Waals surface area contributed by atoms with Crippen molar-refractivity contribution in [1.82, 2.24) is 0 Å². The van der Waals surface area contributed by atoms with E-state index in [0.717, 1.165) is 109 Å². The van der Waals surface area contributed by atoms with Gasteiger partial charge in [0.25, 0.3) is 0 Å². The fraction of sp³-hybridized carbons (Fsp3) is 0.657. The lowest BCUT2D eigenvalue weighted by atomic mass is 10.0. The van der Waals surface area contributed by atoms with Crippen LogP contribution >= 0.6 is 0 Å². The first kappa shape index (κ1) is 68.8. The largest absolute Gasteiger partial charge is 0.462 e. The van der Waals surface area contributed by atoms with Gasteiger partial charge in [-0.05, 0) is 109 Å². The zero-order chi connectivity index (χ0) is 52.9. The molecule has 0 bridgehead atoms. The SMILES string of the molecule is CC/C=C\C/C=C\C/C=C\C/C=C\C/C=C\CC(=O)OCC(COC(=O)CCCCCCCCCCCCC/C=C\CCCCCCCCCC)OC(=O)CCCCCC/C=C\C/C=C\C/C=C\C/C=C\CC. The molecule has 0 spiro atoms. The Bertz CT molecular complexity index is 1540. The van der Waals surface area contributed by atoms with Crippen LogP contribution in [0.3, 0.4) is 0 Å². The summed E-state index contributed by atoms with van der Waals surface area (Å²) in [6.07, 6.45) is 83.7. The quantitative estimate of drug-likeness (QED) is 0.0261. The Morgan fingerprint density at radius 1 is 0.301 bits per heavy atom. The molecule has 0 aliphatic carbocycles. The Balaban J connectivity index is 4.46. The van der Waals surface area contributed by atoms with E-state index in [-0.39, 0.29) is 38.0 Å². The third kappa shape index (κ3) is 58.6. The molecule has 73 heavy (non-hydrogen) atoms. The number of rotatable bonds is 53. The van der Waals surface area contributed by atoms with Gasteiger partial charge in [-0.3, -0.25) is 14.4 Å². The number of carbonyl (C=O) groups is 3. The molecule has 0 heterocycles. The second-order valence-electron chi connectivity index (χ2n) is 19.5. The summed E-state index contributed by atoms with van der Waals surface area (Å²) in [5.74, 6) is -1.08. The van der Waals surface area contributed by atoms with Gasteiger partial charge >= 0.3 is 17.9 Å². The van der Waals surface area contributed by atoms with Crippen LogP contribution < -0.4 is 0 Å². The van der Waals surface area contributed by atoms with E-state index in [1.165, 1.54) is 116 Å². The summed E-state index contributed by atoms with van der Waals surface area (Å²) in [6.45, 7) is 6.31. The van der Waals surface area contributed by atoms with Crippen molar-refractivity contribution in [3.63, 3.8) is 0 Å². The van der Waals surface area contributed by atoms with E-state index in [2.05, 4.69) is 130 Å². The molecule has 0 rings (SSSR count). The van der Waals surface area contributed by atoms with Crippen LogP contribution in [0.4, 0.5) is 0 Å². The zero-order valence-electron chi connectivity index (χ0n) is 47.4. The lowest BCUT2D eigenvalue weighted by Gasteiger charge is -2.18. The molecule has 1 unspecified atom stereocenters. The van der Waals surface area contributed by atoms with E-state index in [0.29, 0.717) is 6.42 Å². The third-order valence-corrected chi connectivity index (χ3v) is 12.5. The molecule has 0 aliphatic heterocycles.